The van der Waals surface area contributed by atoms with Crippen molar-refractivity contribution in [3.05, 3.63) is 60.3 Å². The molecule has 0 radical (unpaired) electrons. The molecule has 0 saturated carbocycles. The molecule has 0 aliphatic heterocycles. The second-order valence-electron chi connectivity index (χ2n) is 4.57. The lowest BCUT2D eigenvalue weighted by molar-refractivity contribution is 0.102. The molecule has 0 bridgehead atoms. The fraction of sp³-hybridized carbons (Fsp3) is 0.0625. The molecule has 102 valence electrons. The average Bonchev–Trinajstić information content (AvgIpc) is 2.94. The molecule has 0 aliphatic rings. The molecule has 5 heteroatoms. The Balaban J connectivity index is 1.81. The largest absolute Gasteiger partial charge is 0.305 e. The number of rotatable bonds is 3. The van der Waals surface area contributed by atoms with Crippen molar-refractivity contribution in [1.82, 2.24) is 9.78 Å². The van der Waals surface area contributed by atoms with Gasteiger partial charge in [-0.15, -0.1) is 0 Å². The molecule has 0 spiro atoms. The summed E-state index contributed by atoms with van der Waals surface area (Å²) in [6.07, 6.45) is 1.65. The number of benzene rings is 2. The van der Waals surface area contributed by atoms with Gasteiger partial charge >= 0.3 is 0 Å². The quantitative estimate of drug-likeness (QED) is 0.799. The summed E-state index contributed by atoms with van der Waals surface area (Å²) >= 11 is 0. The monoisotopic (exact) mass is 276 g/mol. The third-order valence-corrected chi connectivity index (χ3v) is 3.13. The highest BCUT2D eigenvalue weighted by molar-refractivity contribution is 6.06. The number of carbonyl (C=O) groups excluding carboxylic acids is 1. The summed E-state index contributed by atoms with van der Waals surface area (Å²) in [6, 6.07) is 17.1. The van der Waals surface area contributed by atoms with E-state index in [2.05, 4.69) is 10.4 Å². The molecular weight excluding hydrogens is 264 g/mol. The van der Waals surface area contributed by atoms with Gasteiger partial charge in [0.1, 0.15) is 6.54 Å². The van der Waals surface area contributed by atoms with E-state index < -0.39 is 0 Å². The van der Waals surface area contributed by atoms with Gasteiger partial charge in [-0.1, -0.05) is 30.3 Å². The Morgan fingerprint density at radius 2 is 2.00 bits per heavy atom. The summed E-state index contributed by atoms with van der Waals surface area (Å²) < 4.78 is 1.47. The molecule has 5 nitrogen and oxygen atoms in total. The Morgan fingerprint density at radius 3 is 2.81 bits per heavy atom. The van der Waals surface area contributed by atoms with Crippen LogP contribution in [-0.2, 0) is 6.54 Å². The summed E-state index contributed by atoms with van der Waals surface area (Å²) in [5.41, 5.74) is 0.573. The molecule has 0 aliphatic carbocycles. The van der Waals surface area contributed by atoms with E-state index in [0.717, 1.165) is 10.8 Å². The second kappa shape index (κ2) is 5.47. The van der Waals surface area contributed by atoms with Gasteiger partial charge in [-0.25, -0.2) is 0 Å². The Morgan fingerprint density at radius 1 is 1.19 bits per heavy atom. The number of aromatic nitrogens is 2. The van der Waals surface area contributed by atoms with Crippen molar-refractivity contribution in [3.8, 4) is 6.07 Å². The molecule has 0 fully saturated rings. The number of hydrogen-bond acceptors (Lipinski definition) is 3. The summed E-state index contributed by atoms with van der Waals surface area (Å²) in [7, 11) is 0. The zero-order chi connectivity index (χ0) is 14.7. The predicted octanol–water partition coefficient (Wildman–Crippen LogP) is 2.81. The molecule has 1 amide bonds. The molecule has 0 atom stereocenters. The van der Waals surface area contributed by atoms with Crippen LogP contribution in [-0.4, -0.2) is 15.7 Å². The van der Waals surface area contributed by atoms with E-state index in [1.807, 2.05) is 42.5 Å². The van der Waals surface area contributed by atoms with Crippen LogP contribution in [0.2, 0.25) is 0 Å². The Labute approximate surface area is 121 Å². The van der Waals surface area contributed by atoms with Gasteiger partial charge in [0.15, 0.2) is 5.82 Å². The molecule has 1 heterocycles. The SMILES string of the molecule is N#CCn1ccc(NC(=O)c2ccc3ccccc3c2)n1. The molecule has 2 aromatic carbocycles. The summed E-state index contributed by atoms with van der Waals surface area (Å²) in [5.74, 6) is 0.214. The number of amides is 1. The highest BCUT2D eigenvalue weighted by Crippen LogP contribution is 2.16. The van der Waals surface area contributed by atoms with Gasteiger partial charge in [0.25, 0.3) is 5.91 Å². The molecule has 3 rings (SSSR count). The van der Waals surface area contributed by atoms with E-state index in [1.54, 1.807) is 18.3 Å². The van der Waals surface area contributed by atoms with Crippen LogP contribution < -0.4 is 5.32 Å². The van der Waals surface area contributed by atoms with Crippen LogP contribution in [0, 0.1) is 11.3 Å². The van der Waals surface area contributed by atoms with E-state index in [-0.39, 0.29) is 12.5 Å². The fourth-order valence-electron chi connectivity index (χ4n) is 2.11. The van der Waals surface area contributed by atoms with Gasteiger partial charge < -0.3 is 5.32 Å². The van der Waals surface area contributed by atoms with Crippen LogP contribution in [0.4, 0.5) is 5.82 Å². The maximum Gasteiger partial charge on any atom is 0.256 e. The first-order valence-electron chi connectivity index (χ1n) is 6.47. The van der Waals surface area contributed by atoms with Crippen molar-refractivity contribution in [2.45, 2.75) is 6.54 Å². The van der Waals surface area contributed by atoms with Crippen LogP contribution in [0.3, 0.4) is 0 Å². The second-order valence-corrected chi connectivity index (χ2v) is 4.57. The standard InChI is InChI=1S/C16H12N4O/c17-8-10-20-9-7-15(19-20)18-16(21)14-6-5-12-3-1-2-4-13(12)11-14/h1-7,9,11H,10H2,(H,18,19,21). The third kappa shape index (κ3) is 2.74. The first kappa shape index (κ1) is 12.9. The predicted molar refractivity (Wildman–Crippen MR) is 79.7 cm³/mol. The summed E-state index contributed by atoms with van der Waals surface area (Å²) in [6.45, 7) is 0.159. The number of nitrogens with zero attached hydrogens (tertiary/aromatic N) is 3. The average molecular weight is 276 g/mol. The molecule has 0 unspecified atom stereocenters. The third-order valence-electron chi connectivity index (χ3n) is 3.13. The van der Waals surface area contributed by atoms with Crippen LogP contribution >= 0.6 is 0 Å². The van der Waals surface area contributed by atoms with Crippen LogP contribution in [0.25, 0.3) is 10.8 Å². The Bertz CT molecular complexity index is 845. The van der Waals surface area contributed by atoms with E-state index in [4.69, 9.17) is 5.26 Å². The minimum atomic E-state index is -0.219. The maximum atomic E-state index is 12.2. The number of carbonyl (C=O) groups is 1. The minimum Gasteiger partial charge on any atom is -0.305 e. The molecular formula is C16H12N4O. The van der Waals surface area contributed by atoms with Crippen molar-refractivity contribution in [3.63, 3.8) is 0 Å². The fourth-order valence-corrected chi connectivity index (χ4v) is 2.11. The van der Waals surface area contributed by atoms with E-state index >= 15 is 0 Å². The molecule has 0 saturated heterocycles. The van der Waals surface area contributed by atoms with Gasteiger partial charge in [-0.05, 0) is 22.9 Å². The summed E-state index contributed by atoms with van der Waals surface area (Å²) in [5, 5.41) is 17.5. The highest BCUT2D eigenvalue weighted by atomic mass is 16.1. The van der Waals surface area contributed by atoms with Crippen molar-refractivity contribution in [2.75, 3.05) is 5.32 Å². The minimum absolute atomic E-state index is 0.159. The zero-order valence-corrected chi connectivity index (χ0v) is 11.2. The van der Waals surface area contributed by atoms with Gasteiger partial charge in [0, 0.05) is 17.8 Å². The lowest BCUT2D eigenvalue weighted by atomic mass is 10.1. The molecule has 1 N–H and O–H groups in total. The van der Waals surface area contributed by atoms with Gasteiger partial charge in [-0.2, -0.15) is 10.4 Å². The normalized spacial score (nSPS) is 10.2. The van der Waals surface area contributed by atoms with Crippen molar-refractivity contribution in [1.29, 1.82) is 5.26 Å². The van der Waals surface area contributed by atoms with E-state index in [9.17, 15) is 4.79 Å². The molecule has 3 aromatic rings. The molecule has 1 aromatic heterocycles. The number of fused-ring (bicyclic) bond motifs is 1. The van der Waals surface area contributed by atoms with Crippen LogP contribution in [0.1, 0.15) is 10.4 Å². The first-order chi connectivity index (χ1) is 10.3. The lowest BCUT2D eigenvalue weighted by Crippen LogP contribution is -2.12. The highest BCUT2D eigenvalue weighted by Gasteiger charge is 2.08. The Hall–Kier alpha value is -3.13. The topological polar surface area (TPSA) is 70.7 Å². The van der Waals surface area contributed by atoms with Gasteiger partial charge in [-0.3, -0.25) is 9.48 Å². The van der Waals surface area contributed by atoms with Crippen LogP contribution in [0.5, 0.6) is 0 Å². The summed E-state index contributed by atoms with van der Waals surface area (Å²) in [4.78, 5) is 12.2. The van der Waals surface area contributed by atoms with Gasteiger partial charge in [0.2, 0.25) is 0 Å². The lowest BCUT2D eigenvalue weighted by Gasteiger charge is -2.04. The number of nitrogens with one attached hydrogen (secondary N) is 1. The Kier molecular flexibility index (Phi) is 3.36. The van der Waals surface area contributed by atoms with E-state index in [0.29, 0.717) is 11.4 Å². The van der Waals surface area contributed by atoms with E-state index in [1.165, 1.54) is 4.68 Å². The maximum absolute atomic E-state index is 12.2. The zero-order valence-electron chi connectivity index (χ0n) is 11.2. The van der Waals surface area contributed by atoms with Crippen molar-refractivity contribution in [2.24, 2.45) is 0 Å². The number of anilines is 1. The smallest absolute Gasteiger partial charge is 0.256 e. The number of nitriles is 1. The molecule has 21 heavy (non-hydrogen) atoms. The van der Waals surface area contributed by atoms with Crippen molar-refractivity contribution < 1.29 is 4.79 Å². The van der Waals surface area contributed by atoms with Crippen LogP contribution in [0.15, 0.2) is 54.7 Å². The van der Waals surface area contributed by atoms with Crippen molar-refractivity contribution >= 4 is 22.5 Å². The number of hydrogen-bond donors (Lipinski definition) is 1. The first-order valence-corrected chi connectivity index (χ1v) is 6.47. The van der Waals surface area contributed by atoms with Gasteiger partial charge in [0.05, 0.1) is 6.07 Å².